The summed E-state index contributed by atoms with van der Waals surface area (Å²) < 4.78 is 0. The predicted octanol–water partition coefficient (Wildman–Crippen LogP) is 5.67. The third-order valence-electron chi connectivity index (χ3n) is 4.42. The van der Waals surface area contributed by atoms with Crippen molar-refractivity contribution in [3.8, 4) is 0 Å². The summed E-state index contributed by atoms with van der Waals surface area (Å²) in [7, 11) is 0. The maximum Gasteiger partial charge on any atom is -0.0298 e. The second-order valence-electron chi connectivity index (χ2n) is 5.78. The largest absolute Gasteiger partial charge is 0.0654 e. The molecular formula is C15H32. The molecule has 0 aliphatic rings. The van der Waals surface area contributed by atoms with Crippen molar-refractivity contribution in [1.82, 2.24) is 0 Å². The third-order valence-corrected chi connectivity index (χ3v) is 4.42. The van der Waals surface area contributed by atoms with Crippen LogP contribution in [0.15, 0.2) is 0 Å². The molecule has 0 radical (unpaired) electrons. The van der Waals surface area contributed by atoms with Crippen LogP contribution in [0.4, 0.5) is 0 Å². The Hall–Kier alpha value is 0. The Bertz CT molecular complexity index is 150. The fourth-order valence-electron chi connectivity index (χ4n) is 2.56. The van der Waals surface area contributed by atoms with E-state index in [-0.39, 0.29) is 0 Å². The van der Waals surface area contributed by atoms with Gasteiger partial charge in [0, 0.05) is 0 Å². The lowest BCUT2D eigenvalue weighted by Crippen LogP contribution is -2.27. The molecule has 0 amide bonds. The van der Waals surface area contributed by atoms with E-state index in [2.05, 4.69) is 41.5 Å². The smallest absolute Gasteiger partial charge is 0.0298 e. The van der Waals surface area contributed by atoms with Gasteiger partial charge < -0.3 is 0 Å². The Kier molecular flexibility index (Phi) is 7.30. The van der Waals surface area contributed by atoms with Crippen molar-refractivity contribution in [2.24, 2.45) is 17.3 Å². The van der Waals surface area contributed by atoms with Gasteiger partial charge in [0.2, 0.25) is 0 Å². The van der Waals surface area contributed by atoms with Crippen LogP contribution < -0.4 is 0 Å². The molecule has 0 aliphatic heterocycles. The van der Waals surface area contributed by atoms with E-state index < -0.39 is 0 Å². The monoisotopic (exact) mass is 212 g/mol. The lowest BCUT2D eigenvalue weighted by molar-refractivity contribution is 0.131. The molecule has 3 atom stereocenters. The summed E-state index contributed by atoms with van der Waals surface area (Å²) in [5.41, 5.74) is 0.584. The van der Waals surface area contributed by atoms with Gasteiger partial charge >= 0.3 is 0 Å². The molecule has 3 unspecified atom stereocenters. The first-order chi connectivity index (χ1) is 7.00. The highest BCUT2D eigenvalue weighted by Gasteiger charge is 2.30. The minimum atomic E-state index is 0.584. The molecule has 0 nitrogen and oxygen atoms in total. The van der Waals surface area contributed by atoms with Crippen molar-refractivity contribution in [2.45, 2.75) is 80.1 Å². The molecule has 0 aromatic rings. The fourth-order valence-corrected chi connectivity index (χ4v) is 2.56. The Morgan fingerprint density at radius 2 is 1.60 bits per heavy atom. The molecule has 0 aromatic heterocycles. The van der Waals surface area contributed by atoms with Crippen molar-refractivity contribution in [3.05, 3.63) is 0 Å². The van der Waals surface area contributed by atoms with Crippen molar-refractivity contribution < 1.29 is 0 Å². The zero-order chi connectivity index (χ0) is 11.9. The van der Waals surface area contributed by atoms with Gasteiger partial charge in [-0.15, -0.1) is 0 Å². The Labute approximate surface area is 97.8 Å². The Morgan fingerprint density at radius 1 is 1.00 bits per heavy atom. The number of rotatable bonds is 8. The van der Waals surface area contributed by atoms with Crippen LogP contribution in [0.1, 0.15) is 80.1 Å². The van der Waals surface area contributed by atoms with Crippen LogP contribution in [0.2, 0.25) is 0 Å². The van der Waals surface area contributed by atoms with Crippen LogP contribution in [0.5, 0.6) is 0 Å². The van der Waals surface area contributed by atoms with Gasteiger partial charge in [0.25, 0.3) is 0 Å². The summed E-state index contributed by atoms with van der Waals surface area (Å²) in [4.78, 5) is 0. The van der Waals surface area contributed by atoms with E-state index in [1.54, 1.807) is 0 Å². The Balaban J connectivity index is 4.39. The second kappa shape index (κ2) is 7.30. The van der Waals surface area contributed by atoms with Gasteiger partial charge in [-0.1, -0.05) is 67.2 Å². The molecule has 0 fully saturated rings. The second-order valence-corrected chi connectivity index (χ2v) is 5.78. The highest BCUT2D eigenvalue weighted by molar-refractivity contribution is 4.81. The molecule has 0 bridgehead atoms. The number of hydrogen-bond acceptors (Lipinski definition) is 0. The van der Waals surface area contributed by atoms with E-state index >= 15 is 0 Å². The van der Waals surface area contributed by atoms with E-state index in [0.717, 1.165) is 11.8 Å². The van der Waals surface area contributed by atoms with Gasteiger partial charge in [0.15, 0.2) is 0 Å². The summed E-state index contributed by atoms with van der Waals surface area (Å²) in [6.45, 7) is 14.3. The van der Waals surface area contributed by atoms with E-state index in [1.807, 2.05) is 0 Å². The van der Waals surface area contributed by atoms with Crippen molar-refractivity contribution in [3.63, 3.8) is 0 Å². The molecule has 0 heterocycles. The topological polar surface area (TPSA) is 0 Å². The quantitative estimate of drug-likeness (QED) is 0.486. The average Bonchev–Trinajstić information content (AvgIpc) is 2.24. The molecule has 92 valence electrons. The van der Waals surface area contributed by atoms with Crippen LogP contribution in [0.3, 0.4) is 0 Å². The molecule has 0 saturated carbocycles. The molecule has 0 spiro atoms. The number of unbranched alkanes of at least 4 members (excludes halogenated alkanes) is 1. The van der Waals surface area contributed by atoms with Crippen molar-refractivity contribution in [1.29, 1.82) is 0 Å². The lowest BCUT2D eigenvalue weighted by Gasteiger charge is -2.38. The zero-order valence-electron chi connectivity index (χ0n) is 11.9. The van der Waals surface area contributed by atoms with Gasteiger partial charge in [-0.25, -0.2) is 0 Å². The van der Waals surface area contributed by atoms with Gasteiger partial charge in [-0.2, -0.15) is 0 Å². The maximum atomic E-state index is 2.52. The highest BCUT2D eigenvalue weighted by Crippen LogP contribution is 2.41. The van der Waals surface area contributed by atoms with Crippen LogP contribution in [-0.2, 0) is 0 Å². The summed E-state index contributed by atoms with van der Waals surface area (Å²) in [5, 5.41) is 0. The lowest BCUT2D eigenvalue weighted by atomic mass is 9.68. The fraction of sp³-hybridized carbons (Fsp3) is 1.00. The summed E-state index contributed by atoms with van der Waals surface area (Å²) in [6, 6.07) is 0. The third kappa shape index (κ3) is 5.04. The number of hydrogen-bond donors (Lipinski definition) is 0. The van der Waals surface area contributed by atoms with Crippen LogP contribution in [-0.4, -0.2) is 0 Å². The maximum absolute atomic E-state index is 2.52. The van der Waals surface area contributed by atoms with Crippen LogP contribution >= 0.6 is 0 Å². The zero-order valence-corrected chi connectivity index (χ0v) is 11.9. The van der Waals surface area contributed by atoms with Gasteiger partial charge in [-0.3, -0.25) is 0 Å². The first-order valence-corrected chi connectivity index (χ1v) is 7.00. The molecule has 0 N–H and O–H groups in total. The van der Waals surface area contributed by atoms with Crippen molar-refractivity contribution in [2.75, 3.05) is 0 Å². The molecule has 0 aliphatic carbocycles. The highest BCUT2D eigenvalue weighted by atomic mass is 14.4. The predicted molar refractivity (Wildman–Crippen MR) is 71.2 cm³/mol. The van der Waals surface area contributed by atoms with Crippen LogP contribution in [0, 0.1) is 17.3 Å². The summed E-state index contributed by atoms with van der Waals surface area (Å²) in [5.74, 6) is 1.76. The van der Waals surface area contributed by atoms with Crippen LogP contribution in [0.25, 0.3) is 0 Å². The molecule has 15 heavy (non-hydrogen) atoms. The average molecular weight is 212 g/mol. The molecule has 0 aromatic carbocycles. The molecule has 0 heteroatoms. The minimum absolute atomic E-state index is 0.584. The Morgan fingerprint density at radius 3 is 2.00 bits per heavy atom. The van der Waals surface area contributed by atoms with Gasteiger partial charge in [0.05, 0.1) is 0 Å². The van der Waals surface area contributed by atoms with Gasteiger partial charge in [-0.05, 0) is 30.1 Å². The minimum Gasteiger partial charge on any atom is -0.0654 e. The van der Waals surface area contributed by atoms with E-state index in [4.69, 9.17) is 0 Å². The molecule has 0 rings (SSSR count). The summed E-state index contributed by atoms with van der Waals surface area (Å²) in [6.07, 6.45) is 8.24. The van der Waals surface area contributed by atoms with E-state index in [1.165, 1.54) is 38.5 Å². The molecular weight excluding hydrogens is 180 g/mol. The van der Waals surface area contributed by atoms with Gasteiger partial charge in [0.1, 0.15) is 0 Å². The van der Waals surface area contributed by atoms with Crippen molar-refractivity contribution >= 4 is 0 Å². The summed E-state index contributed by atoms with van der Waals surface area (Å²) >= 11 is 0. The standard InChI is InChI=1S/C15H32/c1-7-10-11-15(6,14(5)9-3)12-13(4)8-2/h13-14H,7-12H2,1-6H3. The first-order valence-electron chi connectivity index (χ1n) is 7.00. The SMILES string of the molecule is CCCCC(C)(CC(C)CC)C(C)CC. The van der Waals surface area contributed by atoms with E-state index in [0.29, 0.717) is 5.41 Å². The first kappa shape index (κ1) is 15.0. The normalized spacial score (nSPS) is 19.6. The van der Waals surface area contributed by atoms with E-state index in [9.17, 15) is 0 Å². The molecule has 0 saturated heterocycles.